The van der Waals surface area contributed by atoms with E-state index in [0.29, 0.717) is 5.75 Å². The summed E-state index contributed by atoms with van der Waals surface area (Å²) in [6.07, 6.45) is -1.44. The molecule has 3 aromatic rings. The van der Waals surface area contributed by atoms with Crippen molar-refractivity contribution in [2.75, 3.05) is 25.1 Å². The maximum absolute atomic E-state index is 14.2. The van der Waals surface area contributed by atoms with Crippen LogP contribution in [0.1, 0.15) is 40.2 Å². The number of pyridine rings is 1. The second-order valence-corrected chi connectivity index (χ2v) is 9.84. The maximum Gasteiger partial charge on any atom is 0.418 e. The van der Waals surface area contributed by atoms with Crippen molar-refractivity contribution in [1.82, 2.24) is 24.4 Å². The van der Waals surface area contributed by atoms with Crippen molar-refractivity contribution in [3.63, 3.8) is 0 Å². The summed E-state index contributed by atoms with van der Waals surface area (Å²) in [5.41, 5.74) is -1.45. The first-order valence-electron chi connectivity index (χ1n) is 11.5. The number of hydrogen-bond acceptors (Lipinski definition) is 7. The Labute approximate surface area is 206 Å². The standard InChI is InChI=1S/C24H29F3N6O3/c1-14-11-32(22(34)36-23(3,4)5)15(2)10-31(14)20-19-17(24(25,26)27)12-33(21(19)30-13-29-20)18-9-16(35-6)7-8-28-18/h7-9,12-15H,10-11H2,1-6H3/t14-,15+/m0/s1. The topological polar surface area (TPSA) is 85.6 Å². The van der Waals surface area contributed by atoms with E-state index >= 15 is 0 Å². The van der Waals surface area contributed by atoms with Crippen molar-refractivity contribution in [2.45, 2.75) is 58.5 Å². The third kappa shape index (κ3) is 4.89. The number of rotatable bonds is 3. The van der Waals surface area contributed by atoms with Gasteiger partial charge < -0.3 is 19.3 Å². The zero-order valence-corrected chi connectivity index (χ0v) is 21.0. The highest BCUT2D eigenvalue weighted by atomic mass is 19.4. The van der Waals surface area contributed by atoms with E-state index in [-0.39, 0.29) is 47.8 Å². The molecule has 4 rings (SSSR count). The predicted molar refractivity (Wildman–Crippen MR) is 127 cm³/mol. The van der Waals surface area contributed by atoms with E-state index in [1.165, 1.54) is 30.3 Å². The number of halogens is 3. The van der Waals surface area contributed by atoms with E-state index in [1.807, 2.05) is 13.8 Å². The van der Waals surface area contributed by atoms with Crippen molar-refractivity contribution in [2.24, 2.45) is 0 Å². The van der Waals surface area contributed by atoms with Gasteiger partial charge in [0.15, 0.2) is 5.65 Å². The summed E-state index contributed by atoms with van der Waals surface area (Å²) in [6.45, 7) is 9.56. The molecule has 0 bridgehead atoms. The molecule has 1 amide bonds. The summed E-state index contributed by atoms with van der Waals surface area (Å²) >= 11 is 0. The second kappa shape index (κ2) is 9.14. The van der Waals surface area contributed by atoms with Gasteiger partial charge in [0.05, 0.1) is 18.1 Å². The lowest BCUT2D eigenvalue weighted by atomic mass is 10.1. The number of aromatic nitrogens is 4. The molecule has 194 valence electrons. The Morgan fingerprint density at radius 2 is 1.81 bits per heavy atom. The number of anilines is 1. The Kier molecular flexibility index (Phi) is 6.48. The number of piperazine rings is 1. The van der Waals surface area contributed by atoms with Crippen LogP contribution < -0.4 is 9.64 Å². The van der Waals surface area contributed by atoms with Crippen molar-refractivity contribution in [3.05, 3.63) is 36.4 Å². The van der Waals surface area contributed by atoms with E-state index in [2.05, 4.69) is 15.0 Å². The van der Waals surface area contributed by atoms with Crippen molar-refractivity contribution in [3.8, 4) is 11.6 Å². The lowest BCUT2D eigenvalue weighted by molar-refractivity contribution is -0.136. The fraction of sp³-hybridized carbons (Fsp3) is 0.500. The quantitative estimate of drug-likeness (QED) is 0.510. The van der Waals surface area contributed by atoms with Gasteiger partial charge >= 0.3 is 12.3 Å². The Balaban J connectivity index is 1.79. The van der Waals surface area contributed by atoms with Crippen LogP contribution in [0.4, 0.5) is 23.8 Å². The first-order valence-corrected chi connectivity index (χ1v) is 11.5. The number of methoxy groups -OCH3 is 1. The minimum Gasteiger partial charge on any atom is -0.497 e. The average molecular weight is 507 g/mol. The van der Waals surface area contributed by atoms with Crippen LogP contribution in [0.2, 0.25) is 0 Å². The molecule has 36 heavy (non-hydrogen) atoms. The van der Waals surface area contributed by atoms with Gasteiger partial charge in [-0.1, -0.05) is 0 Å². The summed E-state index contributed by atoms with van der Waals surface area (Å²) in [5.74, 6) is 0.832. The largest absolute Gasteiger partial charge is 0.497 e. The van der Waals surface area contributed by atoms with E-state index < -0.39 is 23.4 Å². The summed E-state index contributed by atoms with van der Waals surface area (Å²) in [4.78, 5) is 28.8. The van der Waals surface area contributed by atoms with Crippen LogP contribution in [-0.4, -0.2) is 68.4 Å². The zero-order valence-electron chi connectivity index (χ0n) is 21.0. The molecule has 0 aromatic carbocycles. The predicted octanol–water partition coefficient (Wildman–Crippen LogP) is 4.68. The highest BCUT2D eigenvalue weighted by Crippen LogP contribution is 2.41. The van der Waals surface area contributed by atoms with Crippen molar-refractivity contribution < 1.29 is 27.4 Å². The van der Waals surface area contributed by atoms with Crippen molar-refractivity contribution in [1.29, 1.82) is 0 Å². The van der Waals surface area contributed by atoms with E-state index in [0.717, 1.165) is 6.20 Å². The second-order valence-electron chi connectivity index (χ2n) is 9.84. The Morgan fingerprint density at radius 3 is 2.44 bits per heavy atom. The van der Waals surface area contributed by atoms with E-state index in [9.17, 15) is 18.0 Å². The zero-order chi connectivity index (χ0) is 26.4. The van der Waals surface area contributed by atoms with E-state index in [4.69, 9.17) is 9.47 Å². The first-order chi connectivity index (χ1) is 16.8. The first kappa shape index (κ1) is 25.5. The number of ether oxygens (including phenoxy) is 2. The molecular weight excluding hydrogens is 477 g/mol. The van der Waals surface area contributed by atoms with Crippen LogP contribution in [0.15, 0.2) is 30.9 Å². The number of alkyl halides is 3. The molecule has 12 heteroatoms. The molecule has 1 fully saturated rings. The van der Waals surface area contributed by atoms with Gasteiger partial charge in [0.2, 0.25) is 0 Å². The van der Waals surface area contributed by atoms with E-state index in [1.54, 1.807) is 36.6 Å². The lowest BCUT2D eigenvalue weighted by Crippen LogP contribution is -2.59. The Morgan fingerprint density at radius 1 is 1.08 bits per heavy atom. The molecule has 0 aliphatic carbocycles. The highest BCUT2D eigenvalue weighted by Gasteiger charge is 2.40. The molecule has 2 atom stereocenters. The summed E-state index contributed by atoms with van der Waals surface area (Å²) in [5, 5.41) is -0.126. The molecular formula is C24H29F3N6O3. The molecule has 0 spiro atoms. The van der Waals surface area contributed by atoms with Gasteiger partial charge in [0.1, 0.15) is 29.3 Å². The highest BCUT2D eigenvalue weighted by molar-refractivity contribution is 5.93. The summed E-state index contributed by atoms with van der Waals surface area (Å²) in [6, 6.07) is 2.49. The molecule has 0 N–H and O–H groups in total. The number of fused-ring (bicyclic) bond motifs is 1. The van der Waals surface area contributed by atoms with Gasteiger partial charge in [-0.05, 0) is 40.7 Å². The molecule has 1 aliphatic heterocycles. The molecule has 3 aromatic heterocycles. The number of carbonyl (C=O) groups is 1. The van der Waals surface area contributed by atoms with Crippen molar-refractivity contribution >= 4 is 22.9 Å². The van der Waals surface area contributed by atoms with Crippen LogP contribution in [0.5, 0.6) is 5.75 Å². The third-order valence-electron chi connectivity index (χ3n) is 5.95. The number of amides is 1. The summed E-state index contributed by atoms with van der Waals surface area (Å²) in [7, 11) is 1.47. The minimum atomic E-state index is -4.66. The fourth-order valence-corrected chi connectivity index (χ4v) is 4.31. The summed E-state index contributed by atoms with van der Waals surface area (Å²) < 4.78 is 54.7. The smallest absolute Gasteiger partial charge is 0.418 e. The molecule has 0 unspecified atom stereocenters. The molecule has 4 heterocycles. The number of carbonyl (C=O) groups excluding carboxylic acids is 1. The third-order valence-corrected chi connectivity index (χ3v) is 5.95. The average Bonchev–Trinajstić information content (AvgIpc) is 3.20. The molecule has 0 saturated carbocycles. The van der Waals surface area contributed by atoms with Gasteiger partial charge in [0.25, 0.3) is 0 Å². The Hall–Kier alpha value is -3.57. The van der Waals surface area contributed by atoms with Crippen LogP contribution in [-0.2, 0) is 10.9 Å². The van der Waals surface area contributed by atoms with Crippen LogP contribution >= 0.6 is 0 Å². The number of nitrogens with zero attached hydrogens (tertiary/aromatic N) is 6. The monoisotopic (exact) mass is 506 g/mol. The maximum atomic E-state index is 14.2. The van der Waals surface area contributed by atoms with Gasteiger partial charge in [-0.15, -0.1) is 0 Å². The van der Waals surface area contributed by atoms with Gasteiger partial charge in [-0.25, -0.2) is 19.7 Å². The Bertz CT molecular complexity index is 1270. The van der Waals surface area contributed by atoms with Crippen LogP contribution in [0.3, 0.4) is 0 Å². The fourth-order valence-electron chi connectivity index (χ4n) is 4.31. The molecule has 1 saturated heterocycles. The minimum absolute atomic E-state index is 0.0718. The molecule has 1 aliphatic rings. The van der Waals surface area contributed by atoms with Gasteiger partial charge in [-0.2, -0.15) is 13.2 Å². The lowest BCUT2D eigenvalue weighted by Gasteiger charge is -2.44. The van der Waals surface area contributed by atoms with Crippen LogP contribution in [0, 0.1) is 0 Å². The van der Waals surface area contributed by atoms with Gasteiger partial charge in [-0.3, -0.25) is 4.57 Å². The van der Waals surface area contributed by atoms with Crippen LogP contribution in [0.25, 0.3) is 16.9 Å². The molecule has 9 nitrogen and oxygen atoms in total. The normalized spacial score (nSPS) is 19.0. The number of hydrogen-bond donors (Lipinski definition) is 0. The SMILES string of the molecule is COc1ccnc(-n2cc(C(F)(F)F)c3c(N4C[C@@H](C)N(C(=O)OC(C)(C)C)C[C@@H]4C)ncnc32)c1. The molecule has 0 radical (unpaired) electrons. The van der Waals surface area contributed by atoms with Gasteiger partial charge in [0, 0.05) is 43.6 Å².